The molecular formula is C88H59N3. The molecule has 0 fully saturated rings. The lowest BCUT2D eigenvalue weighted by Crippen LogP contribution is -2.14. The van der Waals surface area contributed by atoms with Crippen molar-refractivity contribution in [1.82, 2.24) is 4.57 Å². The van der Waals surface area contributed by atoms with Gasteiger partial charge in [-0.05, 0) is 161 Å². The van der Waals surface area contributed by atoms with Crippen molar-refractivity contribution in [2.45, 2.75) is 0 Å². The maximum atomic E-state index is 2.49. The summed E-state index contributed by atoms with van der Waals surface area (Å²) >= 11 is 0. The fourth-order valence-corrected chi connectivity index (χ4v) is 14.1. The Balaban J connectivity index is 0.973. The second-order valence-electron chi connectivity index (χ2n) is 23.5. The van der Waals surface area contributed by atoms with E-state index < -0.39 is 0 Å². The summed E-state index contributed by atoms with van der Waals surface area (Å²) in [6.07, 6.45) is 0. The van der Waals surface area contributed by atoms with Crippen molar-refractivity contribution < 1.29 is 0 Å². The van der Waals surface area contributed by atoms with E-state index in [2.05, 4.69) is 372 Å². The molecule has 17 aromatic rings. The molecule has 1 aromatic heterocycles. The Hall–Kier alpha value is -12.0. The lowest BCUT2D eigenvalue weighted by Gasteiger charge is -2.32. The van der Waals surface area contributed by atoms with Gasteiger partial charge in [-0.1, -0.05) is 279 Å². The van der Waals surface area contributed by atoms with Gasteiger partial charge in [-0.25, -0.2) is 0 Å². The van der Waals surface area contributed by atoms with Crippen molar-refractivity contribution in [3.05, 3.63) is 358 Å². The van der Waals surface area contributed by atoms with Crippen LogP contribution in [0.4, 0.5) is 34.1 Å². The van der Waals surface area contributed by atoms with Gasteiger partial charge >= 0.3 is 0 Å². The van der Waals surface area contributed by atoms with Gasteiger partial charge in [0.1, 0.15) is 0 Å². The third-order valence-corrected chi connectivity index (χ3v) is 18.3. The van der Waals surface area contributed by atoms with E-state index in [9.17, 15) is 0 Å². The van der Waals surface area contributed by atoms with Gasteiger partial charge < -0.3 is 14.4 Å². The highest BCUT2D eigenvalue weighted by atomic mass is 15.2. The summed E-state index contributed by atoms with van der Waals surface area (Å²) < 4.78 is 2.49. The number of hydrogen-bond donors (Lipinski definition) is 0. The summed E-state index contributed by atoms with van der Waals surface area (Å²) in [7, 11) is 0. The normalized spacial score (nSPS) is 11.5. The molecule has 0 amide bonds. The van der Waals surface area contributed by atoms with Crippen LogP contribution in [0.15, 0.2) is 358 Å². The minimum Gasteiger partial charge on any atom is -0.310 e. The van der Waals surface area contributed by atoms with E-state index in [1.165, 1.54) is 82.0 Å². The average Bonchev–Trinajstić information content (AvgIpc) is 1.59. The van der Waals surface area contributed by atoms with E-state index in [1.807, 2.05) is 0 Å². The third-order valence-electron chi connectivity index (χ3n) is 18.3. The predicted molar refractivity (Wildman–Crippen MR) is 387 cm³/mol. The maximum Gasteiger partial charge on any atom is 0.0625 e. The number of nitrogens with zero attached hydrogens (tertiary/aromatic N) is 3. The first-order chi connectivity index (χ1) is 45.2. The van der Waals surface area contributed by atoms with E-state index in [0.717, 1.165) is 78.4 Å². The van der Waals surface area contributed by atoms with Crippen molar-refractivity contribution in [3.63, 3.8) is 0 Å². The van der Waals surface area contributed by atoms with E-state index in [0.29, 0.717) is 0 Å². The molecule has 0 atom stereocenters. The SMILES string of the molecule is c1ccc(-c2ccc(N(c3cc(-c4ccc5c(c4)c4c6ccccc6c6ccccc6c4n5-c4ccccc4)cc(N(c4ccc(-c5ccccc5)cc4)c4ccc(-c5ccccc5)c5ccccc45)c3)c3ccc(-c4ccccc4)c4ccccc34)cc2)cc1. The quantitative estimate of drug-likeness (QED) is 0.113. The van der Waals surface area contributed by atoms with Crippen LogP contribution >= 0.6 is 0 Å². The van der Waals surface area contributed by atoms with Crippen LogP contribution < -0.4 is 9.80 Å². The Morgan fingerprint density at radius 2 is 0.560 bits per heavy atom. The first-order valence-electron chi connectivity index (χ1n) is 31.3. The van der Waals surface area contributed by atoms with Crippen LogP contribution in [-0.2, 0) is 0 Å². The number of benzene rings is 16. The maximum absolute atomic E-state index is 2.49. The molecule has 0 unspecified atom stereocenters. The van der Waals surface area contributed by atoms with Gasteiger partial charge in [0.15, 0.2) is 0 Å². The van der Waals surface area contributed by atoms with E-state index in [1.54, 1.807) is 0 Å². The van der Waals surface area contributed by atoms with Crippen LogP contribution in [0.1, 0.15) is 0 Å². The number of para-hydroxylation sites is 1. The lowest BCUT2D eigenvalue weighted by atomic mass is 9.94. The van der Waals surface area contributed by atoms with Crippen LogP contribution in [0.2, 0.25) is 0 Å². The van der Waals surface area contributed by atoms with Gasteiger partial charge in [-0.3, -0.25) is 0 Å². The highest BCUT2D eigenvalue weighted by Crippen LogP contribution is 2.50. The molecule has 0 spiro atoms. The molecule has 0 aliphatic heterocycles. The van der Waals surface area contributed by atoms with E-state index in [-0.39, 0.29) is 0 Å². The molecule has 17 rings (SSSR count). The summed E-state index contributed by atoms with van der Waals surface area (Å²) in [4.78, 5) is 4.98. The van der Waals surface area contributed by atoms with Gasteiger partial charge in [-0.2, -0.15) is 0 Å². The molecule has 3 heteroatoms. The first kappa shape index (κ1) is 53.2. The second-order valence-corrected chi connectivity index (χ2v) is 23.5. The van der Waals surface area contributed by atoms with Crippen molar-refractivity contribution in [3.8, 4) is 61.3 Å². The molecule has 16 aromatic carbocycles. The van der Waals surface area contributed by atoms with Gasteiger partial charge in [0.2, 0.25) is 0 Å². The molecular weight excluding hydrogens is 1100 g/mol. The second kappa shape index (κ2) is 22.6. The Morgan fingerprint density at radius 1 is 0.198 bits per heavy atom. The van der Waals surface area contributed by atoms with Crippen molar-refractivity contribution in [2.24, 2.45) is 0 Å². The standard InChI is InChI=1S/C88H59N3/c1-6-24-60(25-7-1)62-42-47-69(48-43-62)89(84-54-51-73(64-28-10-3-11-29-64)75-34-16-20-38-79(75)84)71-56-67(66-46-53-86-83(58-66)87-81-40-22-18-36-77(81)78-37-19-23-41-82(78)88(87)91(86)68-32-14-5-15-33-68)57-72(59-71)90(70-49-44-63(45-50-70)61-26-8-2-9-27-61)85-55-52-74(65-30-12-4-13-31-65)76-35-17-21-39-80(76)85/h1-59H. The van der Waals surface area contributed by atoms with Crippen molar-refractivity contribution >= 4 is 99.0 Å². The average molecular weight is 1160 g/mol. The van der Waals surface area contributed by atoms with Crippen LogP contribution in [0.5, 0.6) is 0 Å². The van der Waals surface area contributed by atoms with Gasteiger partial charge in [-0.15, -0.1) is 0 Å². The molecule has 0 bridgehead atoms. The molecule has 91 heavy (non-hydrogen) atoms. The topological polar surface area (TPSA) is 11.4 Å². The monoisotopic (exact) mass is 1160 g/mol. The summed E-state index contributed by atoms with van der Waals surface area (Å²) in [6, 6.07) is 132. The Labute approximate surface area is 529 Å². The Morgan fingerprint density at radius 3 is 1.03 bits per heavy atom. The molecule has 1 heterocycles. The smallest absolute Gasteiger partial charge is 0.0625 e. The molecule has 0 radical (unpaired) electrons. The predicted octanol–water partition coefficient (Wildman–Crippen LogP) is 24.7. The highest BCUT2D eigenvalue weighted by molar-refractivity contribution is 6.32. The Kier molecular flexibility index (Phi) is 13.2. The van der Waals surface area contributed by atoms with E-state index >= 15 is 0 Å². The summed E-state index contributed by atoms with van der Waals surface area (Å²) in [5.41, 5.74) is 21.3. The van der Waals surface area contributed by atoms with Crippen LogP contribution in [0.3, 0.4) is 0 Å². The summed E-state index contributed by atoms with van der Waals surface area (Å²) in [5.74, 6) is 0. The van der Waals surface area contributed by atoms with Crippen molar-refractivity contribution in [2.75, 3.05) is 9.80 Å². The van der Waals surface area contributed by atoms with Gasteiger partial charge in [0, 0.05) is 55.4 Å². The van der Waals surface area contributed by atoms with Gasteiger partial charge in [0.05, 0.1) is 22.4 Å². The number of anilines is 6. The molecule has 0 saturated carbocycles. The molecule has 0 saturated heterocycles. The van der Waals surface area contributed by atoms with Crippen LogP contribution in [0.25, 0.3) is 126 Å². The zero-order valence-corrected chi connectivity index (χ0v) is 49.9. The zero-order chi connectivity index (χ0) is 60.2. The minimum atomic E-state index is 1.01. The number of rotatable bonds is 12. The highest BCUT2D eigenvalue weighted by Gasteiger charge is 2.26. The largest absolute Gasteiger partial charge is 0.310 e. The summed E-state index contributed by atoms with van der Waals surface area (Å²) in [6.45, 7) is 0. The number of fused-ring (bicyclic) bond motifs is 10. The molecule has 0 N–H and O–H groups in total. The molecule has 3 nitrogen and oxygen atoms in total. The minimum absolute atomic E-state index is 1.01. The first-order valence-corrected chi connectivity index (χ1v) is 31.3. The Bertz CT molecular complexity index is 5320. The molecule has 0 aliphatic carbocycles. The summed E-state index contributed by atoms with van der Waals surface area (Å²) in [5, 5.41) is 12.0. The fourth-order valence-electron chi connectivity index (χ4n) is 14.1. The van der Waals surface area contributed by atoms with Crippen LogP contribution in [0, 0.1) is 0 Å². The number of aromatic nitrogens is 1. The molecule has 426 valence electrons. The molecule has 0 aliphatic rings. The fraction of sp³-hybridized carbons (Fsp3) is 0. The number of hydrogen-bond acceptors (Lipinski definition) is 2. The van der Waals surface area contributed by atoms with Crippen LogP contribution in [-0.4, -0.2) is 4.57 Å². The third kappa shape index (κ3) is 9.38. The van der Waals surface area contributed by atoms with Crippen molar-refractivity contribution in [1.29, 1.82) is 0 Å². The lowest BCUT2D eigenvalue weighted by molar-refractivity contribution is 1.19. The van der Waals surface area contributed by atoms with E-state index in [4.69, 9.17) is 0 Å². The zero-order valence-electron chi connectivity index (χ0n) is 49.9. The van der Waals surface area contributed by atoms with Gasteiger partial charge in [0.25, 0.3) is 0 Å².